The molecule has 2 aromatic carbocycles. The van der Waals surface area contributed by atoms with Crippen molar-refractivity contribution >= 4 is 38.2 Å². The Kier molecular flexibility index (Phi) is 8.22. The van der Waals surface area contributed by atoms with Crippen molar-refractivity contribution in [1.82, 2.24) is 10.9 Å². The van der Waals surface area contributed by atoms with E-state index >= 15 is 0 Å². The lowest BCUT2D eigenvalue weighted by atomic mass is 10.2. The number of benzene rings is 2. The molecule has 0 amide bonds. The number of hydrogen-bond acceptors (Lipinski definition) is 5. The van der Waals surface area contributed by atoms with E-state index in [9.17, 15) is 8.42 Å². The molecular formula is C15H17BrN4O4S. The minimum atomic E-state index is -4.02. The molecule has 5 N–H and O–H groups in total. The number of halogens is 1. The number of hydroxylamine groups is 1. The molecule has 134 valence electrons. The summed E-state index contributed by atoms with van der Waals surface area (Å²) in [7, 11) is -4.02. The normalized spacial score (nSPS) is 10.7. The van der Waals surface area contributed by atoms with E-state index in [2.05, 4.69) is 26.5 Å². The van der Waals surface area contributed by atoms with E-state index in [-0.39, 0.29) is 10.9 Å². The van der Waals surface area contributed by atoms with Crippen LogP contribution in [0.3, 0.4) is 0 Å². The van der Waals surface area contributed by atoms with Crippen molar-refractivity contribution in [2.24, 2.45) is 5.10 Å². The number of rotatable bonds is 3. The number of aryl methyl sites for hydroxylation is 1. The van der Waals surface area contributed by atoms with Crippen molar-refractivity contribution in [3.05, 3.63) is 64.1 Å². The van der Waals surface area contributed by atoms with Gasteiger partial charge in [0.05, 0.1) is 11.1 Å². The number of nitrogens with one attached hydrogen (secondary N) is 3. The number of hydrogen-bond donors (Lipinski definition) is 5. The summed E-state index contributed by atoms with van der Waals surface area (Å²) in [5.41, 5.74) is 5.74. The van der Waals surface area contributed by atoms with Crippen LogP contribution in [0.5, 0.6) is 0 Å². The van der Waals surface area contributed by atoms with Crippen LogP contribution in [-0.2, 0) is 10.1 Å². The Labute approximate surface area is 153 Å². The zero-order chi connectivity index (χ0) is 18.9. The fraction of sp³-hybridized carbons (Fsp3) is 0.0667. The molecular weight excluding hydrogens is 412 g/mol. The summed E-state index contributed by atoms with van der Waals surface area (Å²) in [6.07, 6.45) is 1.54. The van der Waals surface area contributed by atoms with Crippen molar-refractivity contribution in [2.75, 3.05) is 0 Å². The second kappa shape index (κ2) is 9.89. The molecule has 0 bridgehead atoms. The molecule has 0 aliphatic carbocycles. The van der Waals surface area contributed by atoms with Crippen LogP contribution in [0.1, 0.15) is 11.1 Å². The number of guanidine groups is 1. The molecule has 0 aliphatic rings. The van der Waals surface area contributed by atoms with Gasteiger partial charge in [-0.25, -0.2) is 10.9 Å². The zero-order valence-electron chi connectivity index (χ0n) is 13.1. The minimum absolute atomic E-state index is 0.0666. The van der Waals surface area contributed by atoms with Crippen molar-refractivity contribution in [3.63, 3.8) is 0 Å². The van der Waals surface area contributed by atoms with Crippen molar-refractivity contribution in [2.45, 2.75) is 11.8 Å². The highest BCUT2D eigenvalue weighted by molar-refractivity contribution is 9.10. The van der Waals surface area contributed by atoms with E-state index in [4.69, 9.17) is 15.2 Å². The van der Waals surface area contributed by atoms with Gasteiger partial charge < -0.3 is 0 Å². The van der Waals surface area contributed by atoms with Crippen molar-refractivity contribution < 1.29 is 18.2 Å². The highest BCUT2D eigenvalue weighted by atomic mass is 79.9. The molecule has 10 heteroatoms. The quantitative estimate of drug-likeness (QED) is 0.220. The summed E-state index contributed by atoms with van der Waals surface area (Å²) in [4.78, 5) is -0.0666. The first-order valence-corrected chi connectivity index (χ1v) is 9.03. The maximum absolute atomic E-state index is 10.5. The largest absolute Gasteiger partial charge is 0.294 e. The SMILES string of the molecule is Cc1ccc(S(=O)(=O)O)cc1.N=C(NO)NN=Cc1ccc(Br)cc1. The van der Waals surface area contributed by atoms with Crippen LogP contribution in [0, 0.1) is 12.3 Å². The predicted molar refractivity (Wildman–Crippen MR) is 98.5 cm³/mol. The predicted octanol–water partition coefficient (Wildman–Crippen LogP) is 2.53. The molecule has 0 saturated heterocycles. The molecule has 0 spiro atoms. The summed E-state index contributed by atoms with van der Waals surface area (Å²) in [6.45, 7) is 1.84. The van der Waals surface area contributed by atoms with Crippen LogP contribution < -0.4 is 10.9 Å². The second-order valence-electron chi connectivity index (χ2n) is 4.70. The smallest absolute Gasteiger partial charge is 0.288 e. The minimum Gasteiger partial charge on any atom is -0.288 e. The molecule has 8 nitrogen and oxygen atoms in total. The zero-order valence-corrected chi connectivity index (χ0v) is 15.5. The summed E-state index contributed by atoms with van der Waals surface area (Å²) in [6, 6.07) is 13.5. The van der Waals surface area contributed by atoms with E-state index in [1.54, 1.807) is 23.8 Å². The Morgan fingerprint density at radius 3 is 2.20 bits per heavy atom. The monoisotopic (exact) mass is 428 g/mol. The van der Waals surface area contributed by atoms with Gasteiger partial charge in [0.2, 0.25) is 5.96 Å². The van der Waals surface area contributed by atoms with Crippen LogP contribution in [0.15, 0.2) is 63.0 Å². The number of hydrazone groups is 1. The molecule has 0 atom stereocenters. The average Bonchev–Trinajstić information content (AvgIpc) is 2.56. The Bertz CT molecular complexity index is 822. The van der Waals surface area contributed by atoms with Crippen molar-refractivity contribution in [3.8, 4) is 0 Å². The molecule has 0 radical (unpaired) electrons. The molecule has 2 rings (SSSR count). The third-order valence-electron chi connectivity index (χ3n) is 2.69. The number of nitrogens with zero attached hydrogens (tertiary/aromatic N) is 1. The first-order valence-electron chi connectivity index (χ1n) is 6.80. The highest BCUT2D eigenvalue weighted by Crippen LogP contribution is 2.09. The van der Waals surface area contributed by atoms with Crippen LogP contribution in [0.25, 0.3) is 0 Å². The van der Waals surface area contributed by atoms with Gasteiger partial charge in [-0.2, -0.15) is 13.5 Å². The first kappa shape index (κ1) is 20.8. The maximum atomic E-state index is 10.5. The van der Waals surface area contributed by atoms with E-state index in [1.807, 2.05) is 31.2 Å². The average molecular weight is 429 g/mol. The molecule has 0 aromatic heterocycles. The highest BCUT2D eigenvalue weighted by Gasteiger charge is 2.06. The molecule has 0 heterocycles. The van der Waals surface area contributed by atoms with Gasteiger partial charge in [-0.15, -0.1) is 0 Å². The first-order chi connectivity index (χ1) is 11.7. The third kappa shape index (κ3) is 8.40. The molecule has 2 aromatic rings. The Balaban J connectivity index is 0.000000257. The van der Waals surface area contributed by atoms with Gasteiger partial charge in [-0.3, -0.25) is 15.2 Å². The summed E-state index contributed by atoms with van der Waals surface area (Å²) >= 11 is 3.31. The standard InChI is InChI=1S/C8H9BrN4O.C7H8O3S/c9-7-3-1-6(2-4-7)5-11-12-8(10)13-14;1-6-2-4-7(5-3-6)11(8,9)10/h1-5,14H,(H3,10,12,13);2-5H,1H3,(H,8,9,10). The van der Waals surface area contributed by atoms with E-state index in [1.165, 1.54) is 12.1 Å². The van der Waals surface area contributed by atoms with Crippen LogP contribution in [-0.4, -0.2) is 30.4 Å². The fourth-order valence-electron chi connectivity index (χ4n) is 1.46. The van der Waals surface area contributed by atoms with Gasteiger partial charge in [0.15, 0.2) is 0 Å². The van der Waals surface area contributed by atoms with E-state index in [0.29, 0.717) is 0 Å². The van der Waals surface area contributed by atoms with Gasteiger partial charge in [-0.1, -0.05) is 45.8 Å². The van der Waals surface area contributed by atoms with Crippen LogP contribution in [0.2, 0.25) is 0 Å². The van der Waals surface area contributed by atoms with E-state index < -0.39 is 10.1 Å². The van der Waals surface area contributed by atoms with Gasteiger partial charge >= 0.3 is 0 Å². The lowest BCUT2D eigenvalue weighted by molar-refractivity contribution is 0.228. The molecule has 25 heavy (non-hydrogen) atoms. The fourth-order valence-corrected chi connectivity index (χ4v) is 2.20. The van der Waals surface area contributed by atoms with Crippen molar-refractivity contribution in [1.29, 1.82) is 5.41 Å². The molecule has 0 fully saturated rings. The second-order valence-corrected chi connectivity index (χ2v) is 7.03. The Morgan fingerprint density at radius 2 is 1.72 bits per heavy atom. The Hall–Kier alpha value is -2.27. The van der Waals surface area contributed by atoms with Crippen LogP contribution >= 0.6 is 15.9 Å². The van der Waals surface area contributed by atoms with Gasteiger partial charge in [0, 0.05) is 4.47 Å². The molecule has 0 saturated carbocycles. The maximum Gasteiger partial charge on any atom is 0.294 e. The summed E-state index contributed by atoms with van der Waals surface area (Å²) in [5.74, 6) is -0.279. The topological polar surface area (TPSA) is 135 Å². The van der Waals surface area contributed by atoms with Crippen LogP contribution in [0.4, 0.5) is 0 Å². The lowest BCUT2D eigenvalue weighted by Gasteiger charge is -1.98. The summed E-state index contributed by atoms with van der Waals surface area (Å²) in [5, 5.41) is 18.9. The third-order valence-corrected chi connectivity index (χ3v) is 4.09. The summed E-state index contributed by atoms with van der Waals surface area (Å²) < 4.78 is 30.5. The van der Waals surface area contributed by atoms with Gasteiger partial charge in [0.25, 0.3) is 10.1 Å². The lowest BCUT2D eigenvalue weighted by Crippen LogP contribution is -2.30. The Morgan fingerprint density at radius 1 is 1.16 bits per heavy atom. The molecule has 0 aliphatic heterocycles. The molecule has 0 unspecified atom stereocenters. The van der Waals surface area contributed by atoms with E-state index in [0.717, 1.165) is 15.6 Å². The van der Waals surface area contributed by atoms with Gasteiger partial charge in [-0.05, 0) is 36.8 Å². The van der Waals surface area contributed by atoms with Gasteiger partial charge in [0.1, 0.15) is 0 Å².